The predicted octanol–water partition coefficient (Wildman–Crippen LogP) is 1.11. The molecule has 0 aliphatic rings. The van der Waals surface area contributed by atoms with Gasteiger partial charge in [0, 0.05) is 18.8 Å². The van der Waals surface area contributed by atoms with Gasteiger partial charge in [-0.2, -0.15) is 0 Å². The molecule has 66 valence electrons. The van der Waals surface area contributed by atoms with Gasteiger partial charge in [-0.3, -0.25) is 4.98 Å². The lowest BCUT2D eigenvalue weighted by atomic mass is 10.2. The molecule has 2 aromatic heterocycles. The number of anilines is 1. The summed E-state index contributed by atoms with van der Waals surface area (Å²) in [5.41, 5.74) is 6.64. The normalized spacial score (nSPS) is 10.2. The summed E-state index contributed by atoms with van der Waals surface area (Å²) < 4.78 is 0. The molecule has 4 nitrogen and oxygen atoms in total. The summed E-state index contributed by atoms with van der Waals surface area (Å²) in [4.78, 5) is 3.93. The van der Waals surface area contributed by atoms with Crippen molar-refractivity contribution in [1.29, 1.82) is 0 Å². The van der Waals surface area contributed by atoms with E-state index in [-0.39, 0.29) is 0 Å². The highest BCUT2D eigenvalue weighted by atomic mass is 32.1. The third-order valence-electron chi connectivity index (χ3n) is 1.59. The largest absolute Gasteiger partial charge is 0.374 e. The van der Waals surface area contributed by atoms with Crippen LogP contribution < -0.4 is 5.73 Å². The number of nitrogens with zero attached hydrogens (tertiary/aromatic N) is 3. The van der Waals surface area contributed by atoms with Crippen LogP contribution in [0.15, 0.2) is 24.5 Å². The highest BCUT2D eigenvalue weighted by Crippen LogP contribution is 2.14. The molecule has 5 heteroatoms. The van der Waals surface area contributed by atoms with E-state index in [9.17, 15) is 0 Å². The van der Waals surface area contributed by atoms with Crippen LogP contribution in [0.1, 0.15) is 10.6 Å². The van der Waals surface area contributed by atoms with Crippen molar-refractivity contribution < 1.29 is 0 Å². The Balaban J connectivity index is 2.15. The van der Waals surface area contributed by atoms with Gasteiger partial charge in [0.2, 0.25) is 5.13 Å². The molecule has 0 spiro atoms. The second-order valence-electron chi connectivity index (χ2n) is 2.57. The molecule has 13 heavy (non-hydrogen) atoms. The lowest BCUT2D eigenvalue weighted by Gasteiger charge is -1.93. The Labute approximate surface area is 79.5 Å². The van der Waals surface area contributed by atoms with Gasteiger partial charge in [0.05, 0.1) is 0 Å². The molecule has 0 fully saturated rings. The fourth-order valence-electron chi connectivity index (χ4n) is 1.01. The Hall–Kier alpha value is -1.49. The fourth-order valence-corrected chi connectivity index (χ4v) is 1.66. The van der Waals surface area contributed by atoms with Gasteiger partial charge in [0.15, 0.2) is 0 Å². The molecule has 2 rings (SSSR count). The van der Waals surface area contributed by atoms with Crippen LogP contribution in [-0.4, -0.2) is 15.2 Å². The number of nitrogens with two attached hydrogens (primary N) is 1. The van der Waals surface area contributed by atoms with Crippen LogP contribution in [0.2, 0.25) is 0 Å². The van der Waals surface area contributed by atoms with Crippen LogP contribution >= 0.6 is 11.3 Å². The highest BCUT2D eigenvalue weighted by molar-refractivity contribution is 7.15. The molecule has 0 aromatic carbocycles. The Morgan fingerprint density at radius 3 is 2.62 bits per heavy atom. The van der Waals surface area contributed by atoms with Gasteiger partial charge < -0.3 is 5.73 Å². The van der Waals surface area contributed by atoms with Crippen molar-refractivity contribution in [2.24, 2.45) is 0 Å². The first-order valence-corrected chi connectivity index (χ1v) is 4.63. The van der Waals surface area contributed by atoms with E-state index in [2.05, 4.69) is 15.2 Å². The van der Waals surface area contributed by atoms with Crippen molar-refractivity contribution in [3.63, 3.8) is 0 Å². The summed E-state index contributed by atoms with van der Waals surface area (Å²) in [6.45, 7) is 0. The summed E-state index contributed by atoms with van der Waals surface area (Å²) in [7, 11) is 0. The SMILES string of the molecule is Nc1nnc(Cc2ccncc2)s1. The molecule has 0 amide bonds. The third-order valence-corrected chi connectivity index (χ3v) is 2.34. The van der Waals surface area contributed by atoms with Gasteiger partial charge >= 0.3 is 0 Å². The maximum atomic E-state index is 5.46. The van der Waals surface area contributed by atoms with E-state index in [0.29, 0.717) is 5.13 Å². The van der Waals surface area contributed by atoms with Gasteiger partial charge in [0.25, 0.3) is 0 Å². The molecule has 0 saturated heterocycles. The van der Waals surface area contributed by atoms with E-state index in [4.69, 9.17) is 5.73 Å². The summed E-state index contributed by atoms with van der Waals surface area (Å²) in [5, 5.41) is 9.13. The standard InChI is InChI=1S/C8H8N4S/c9-8-12-11-7(13-8)5-6-1-3-10-4-2-6/h1-4H,5H2,(H2,9,12). The number of rotatable bonds is 2. The minimum Gasteiger partial charge on any atom is -0.374 e. The minimum absolute atomic E-state index is 0.518. The van der Waals surface area contributed by atoms with Crippen molar-refractivity contribution in [3.05, 3.63) is 35.1 Å². The number of hydrogen-bond donors (Lipinski definition) is 1. The zero-order valence-corrected chi connectivity index (χ0v) is 7.66. The third kappa shape index (κ3) is 2.00. The molecule has 0 unspecified atom stereocenters. The second kappa shape index (κ2) is 3.49. The lowest BCUT2D eigenvalue weighted by Crippen LogP contribution is -1.86. The monoisotopic (exact) mass is 192 g/mol. The smallest absolute Gasteiger partial charge is 0.203 e. The summed E-state index contributed by atoms with van der Waals surface area (Å²) >= 11 is 1.42. The molecule has 0 atom stereocenters. The van der Waals surface area contributed by atoms with Crippen LogP contribution in [0.4, 0.5) is 5.13 Å². The van der Waals surface area contributed by atoms with Crippen molar-refractivity contribution in [2.45, 2.75) is 6.42 Å². The van der Waals surface area contributed by atoms with E-state index < -0.39 is 0 Å². The van der Waals surface area contributed by atoms with Crippen molar-refractivity contribution >= 4 is 16.5 Å². The maximum absolute atomic E-state index is 5.46. The number of hydrogen-bond acceptors (Lipinski definition) is 5. The quantitative estimate of drug-likeness (QED) is 0.774. The molecular formula is C8H8N4S. The van der Waals surface area contributed by atoms with Crippen LogP contribution in [0.3, 0.4) is 0 Å². The van der Waals surface area contributed by atoms with Crippen molar-refractivity contribution in [2.75, 3.05) is 5.73 Å². The van der Waals surface area contributed by atoms with Crippen LogP contribution in [0.25, 0.3) is 0 Å². The first kappa shape index (κ1) is 8.12. The molecule has 0 aliphatic carbocycles. The lowest BCUT2D eigenvalue weighted by molar-refractivity contribution is 1.01. The zero-order chi connectivity index (χ0) is 9.10. The van der Waals surface area contributed by atoms with Gasteiger partial charge in [-0.25, -0.2) is 0 Å². The Morgan fingerprint density at radius 1 is 1.23 bits per heavy atom. The molecule has 0 radical (unpaired) electrons. The molecule has 2 N–H and O–H groups in total. The van der Waals surface area contributed by atoms with E-state index >= 15 is 0 Å². The Bertz CT molecular complexity index is 384. The van der Waals surface area contributed by atoms with Crippen LogP contribution in [0.5, 0.6) is 0 Å². The Morgan fingerprint density at radius 2 is 2.00 bits per heavy atom. The first-order valence-electron chi connectivity index (χ1n) is 3.81. The van der Waals surface area contributed by atoms with Gasteiger partial charge in [0.1, 0.15) is 5.01 Å². The molecule has 0 aliphatic heterocycles. The minimum atomic E-state index is 0.518. The highest BCUT2D eigenvalue weighted by Gasteiger charge is 2.01. The molecule has 2 heterocycles. The zero-order valence-electron chi connectivity index (χ0n) is 6.84. The predicted molar refractivity (Wildman–Crippen MR) is 51.4 cm³/mol. The molecule has 2 aromatic rings. The van der Waals surface area contributed by atoms with Crippen molar-refractivity contribution in [1.82, 2.24) is 15.2 Å². The topological polar surface area (TPSA) is 64.7 Å². The summed E-state index contributed by atoms with van der Waals surface area (Å²) in [6.07, 6.45) is 4.30. The van der Waals surface area contributed by atoms with Crippen molar-refractivity contribution in [3.8, 4) is 0 Å². The van der Waals surface area contributed by atoms with Crippen LogP contribution in [0, 0.1) is 0 Å². The Kier molecular flexibility index (Phi) is 2.18. The molecule has 0 saturated carbocycles. The number of pyridine rings is 1. The average Bonchev–Trinajstić information content (AvgIpc) is 2.53. The summed E-state index contributed by atoms with van der Waals surface area (Å²) in [5.74, 6) is 0. The van der Waals surface area contributed by atoms with Crippen LogP contribution in [-0.2, 0) is 6.42 Å². The second-order valence-corrected chi connectivity index (χ2v) is 3.66. The number of nitrogen functional groups attached to an aromatic ring is 1. The number of aromatic nitrogens is 3. The van der Waals surface area contributed by atoms with E-state index in [1.54, 1.807) is 12.4 Å². The van der Waals surface area contributed by atoms with Gasteiger partial charge in [-0.15, -0.1) is 10.2 Å². The van der Waals surface area contributed by atoms with E-state index in [0.717, 1.165) is 11.4 Å². The fraction of sp³-hybridized carbons (Fsp3) is 0.125. The maximum Gasteiger partial charge on any atom is 0.203 e. The summed E-state index contributed by atoms with van der Waals surface area (Å²) in [6, 6.07) is 3.91. The van der Waals surface area contributed by atoms with E-state index in [1.165, 1.54) is 16.9 Å². The first-order chi connectivity index (χ1) is 6.34. The molecular weight excluding hydrogens is 184 g/mol. The van der Waals surface area contributed by atoms with Gasteiger partial charge in [-0.05, 0) is 17.7 Å². The van der Waals surface area contributed by atoms with E-state index in [1.807, 2.05) is 12.1 Å². The molecule has 0 bridgehead atoms. The average molecular weight is 192 g/mol. The van der Waals surface area contributed by atoms with Gasteiger partial charge in [-0.1, -0.05) is 11.3 Å².